The normalized spacial score (nSPS) is 18.4. The maximum Gasteiger partial charge on any atom is 0.120 e. The summed E-state index contributed by atoms with van der Waals surface area (Å²) in [5, 5.41) is 10.4. The third-order valence-electron chi connectivity index (χ3n) is 2.66. The Balaban J connectivity index is 2.29. The highest BCUT2D eigenvalue weighted by atomic mass is 35.5. The maximum absolute atomic E-state index is 9.72. The molecule has 1 fully saturated rings. The number of halogens is 1. The fourth-order valence-electron chi connectivity index (χ4n) is 1.92. The molecule has 76 valence electrons. The van der Waals surface area contributed by atoms with Crippen LogP contribution >= 0.6 is 11.6 Å². The van der Waals surface area contributed by atoms with Crippen molar-refractivity contribution in [1.29, 1.82) is 0 Å². The maximum atomic E-state index is 9.72. The number of phenols is 1. The average molecular weight is 213 g/mol. The van der Waals surface area contributed by atoms with Crippen LogP contribution in [-0.2, 0) is 4.74 Å². The molecular formula is C11H13ClO2. The van der Waals surface area contributed by atoms with Gasteiger partial charge in [-0.25, -0.2) is 0 Å². The molecule has 0 aromatic heterocycles. The van der Waals surface area contributed by atoms with Gasteiger partial charge in [-0.2, -0.15) is 0 Å². The molecule has 1 aliphatic rings. The molecule has 0 aliphatic carbocycles. The summed E-state index contributed by atoms with van der Waals surface area (Å²) in [6, 6.07) is 5.28. The van der Waals surface area contributed by atoms with Crippen LogP contribution in [0.4, 0.5) is 0 Å². The predicted octanol–water partition coefficient (Wildman–Crippen LogP) is 2.94. The van der Waals surface area contributed by atoms with Crippen molar-refractivity contribution in [3.63, 3.8) is 0 Å². The quantitative estimate of drug-likeness (QED) is 0.776. The highest BCUT2D eigenvalue weighted by molar-refractivity contribution is 6.31. The first-order chi connectivity index (χ1) is 6.79. The van der Waals surface area contributed by atoms with Crippen LogP contribution in [0.1, 0.15) is 24.3 Å². The molecule has 0 saturated carbocycles. The Bertz CT molecular complexity index is 299. The Morgan fingerprint density at radius 3 is 2.64 bits per heavy atom. The van der Waals surface area contributed by atoms with E-state index in [0.717, 1.165) is 31.6 Å². The molecule has 0 radical (unpaired) electrons. The van der Waals surface area contributed by atoms with E-state index in [1.54, 1.807) is 12.1 Å². The summed E-state index contributed by atoms with van der Waals surface area (Å²) in [6.45, 7) is 1.52. The Kier molecular flexibility index (Phi) is 2.94. The van der Waals surface area contributed by atoms with Crippen molar-refractivity contribution in [2.45, 2.75) is 18.8 Å². The van der Waals surface area contributed by atoms with Crippen molar-refractivity contribution >= 4 is 11.6 Å². The van der Waals surface area contributed by atoms with Gasteiger partial charge in [0.15, 0.2) is 0 Å². The zero-order valence-electron chi connectivity index (χ0n) is 7.87. The molecular weight excluding hydrogens is 200 g/mol. The number of hydrogen-bond donors (Lipinski definition) is 1. The molecule has 1 aliphatic heterocycles. The second-order valence-corrected chi connectivity index (χ2v) is 3.97. The number of ether oxygens (including phenoxy) is 1. The van der Waals surface area contributed by atoms with Crippen molar-refractivity contribution in [2.24, 2.45) is 0 Å². The molecule has 0 amide bonds. The van der Waals surface area contributed by atoms with Crippen LogP contribution in [0.25, 0.3) is 0 Å². The third kappa shape index (κ3) is 1.86. The van der Waals surface area contributed by atoms with Crippen LogP contribution in [0.2, 0.25) is 5.02 Å². The first-order valence-electron chi connectivity index (χ1n) is 4.84. The van der Waals surface area contributed by atoms with Gasteiger partial charge in [0.05, 0.1) is 0 Å². The van der Waals surface area contributed by atoms with Gasteiger partial charge < -0.3 is 9.84 Å². The minimum absolute atomic E-state index is 0.310. The van der Waals surface area contributed by atoms with E-state index >= 15 is 0 Å². The van der Waals surface area contributed by atoms with Gasteiger partial charge in [-0.15, -0.1) is 0 Å². The van der Waals surface area contributed by atoms with E-state index in [1.807, 2.05) is 6.07 Å². The molecule has 0 unspecified atom stereocenters. The van der Waals surface area contributed by atoms with E-state index < -0.39 is 0 Å². The second-order valence-electron chi connectivity index (χ2n) is 3.56. The van der Waals surface area contributed by atoms with Gasteiger partial charge >= 0.3 is 0 Å². The summed E-state index contributed by atoms with van der Waals surface area (Å²) in [6.07, 6.45) is 1.88. The van der Waals surface area contributed by atoms with Crippen LogP contribution in [-0.4, -0.2) is 18.3 Å². The summed E-state index contributed by atoms with van der Waals surface area (Å²) >= 11 is 6.06. The van der Waals surface area contributed by atoms with Crippen molar-refractivity contribution in [3.05, 3.63) is 28.8 Å². The Morgan fingerprint density at radius 1 is 1.29 bits per heavy atom. The van der Waals surface area contributed by atoms with E-state index in [4.69, 9.17) is 16.3 Å². The van der Waals surface area contributed by atoms with Crippen LogP contribution in [0, 0.1) is 0 Å². The number of aromatic hydroxyl groups is 1. The van der Waals surface area contributed by atoms with Crippen LogP contribution in [0.5, 0.6) is 5.75 Å². The monoisotopic (exact) mass is 212 g/mol. The van der Waals surface area contributed by atoms with Crippen molar-refractivity contribution in [2.75, 3.05) is 13.2 Å². The number of phenolic OH excluding ortho intramolecular Hbond substituents is 1. The Morgan fingerprint density at radius 2 is 2.00 bits per heavy atom. The fourth-order valence-corrected chi connectivity index (χ4v) is 2.24. The van der Waals surface area contributed by atoms with Gasteiger partial charge in [-0.1, -0.05) is 17.7 Å². The first-order valence-corrected chi connectivity index (χ1v) is 5.22. The molecule has 1 aromatic rings. The molecule has 14 heavy (non-hydrogen) atoms. The molecule has 1 heterocycles. The van der Waals surface area contributed by atoms with E-state index in [9.17, 15) is 5.11 Å². The van der Waals surface area contributed by atoms with Crippen molar-refractivity contribution < 1.29 is 9.84 Å². The molecule has 1 N–H and O–H groups in total. The number of hydrogen-bond acceptors (Lipinski definition) is 2. The van der Waals surface area contributed by atoms with Crippen molar-refractivity contribution in [1.82, 2.24) is 0 Å². The lowest BCUT2D eigenvalue weighted by Gasteiger charge is -2.23. The van der Waals surface area contributed by atoms with Gasteiger partial charge in [-0.3, -0.25) is 0 Å². The minimum Gasteiger partial charge on any atom is -0.508 e. The number of rotatable bonds is 1. The fraction of sp³-hybridized carbons (Fsp3) is 0.455. The van der Waals surface area contributed by atoms with E-state index in [0.29, 0.717) is 16.7 Å². The lowest BCUT2D eigenvalue weighted by Crippen LogP contribution is -2.14. The van der Waals surface area contributed by atoms with Crippen LogP contribution in [0.3, 0.4) is 0 Å². The molecule has 1 aromatic carbocycles. The topological polar surface area (TPSA) is 29.5 Å². The highest BCUT2D eigenvalue weighted by Gasteiger charge is 2.21. The molecule has 0 spiro atoms. The smallest absolute Gasteiger partial charge is 0.120 e. The van der Waals surface area contributed by atoms with Gasteiger partial charge in [0.25, 0.3) is 0 Å². The summed E-state index contributed by atoms with van der Waals surface area (Å²) in [5.74, 6) is 0.654. The van der Waals surface area contributed by atoms with Crippen LogP contribution < -0.4 is 0 Å². The standard InChI is InChI=1S/C11H13ClO2/c12-9-2-1-3-10(13)11(9)8-4-6-14-7-5-8/h1-3,8,13H,4-7H2. The molecule has 0 bridgehead atoms. The Hall–Kier alpha value is -0.730. The lowest BCUT2D eigenvalue weighted by molar-refractivity contribution is 0.0848. The van der Waals surface area contributed by atoms with Gasteiger partial charge in [0.2, 0.25) is 0 Å². The molecule has 0 atom stereocenters. The van der Waals surface area contributed by atoms with Gasteiger partial charge in [-0.05, 0) is 30.9 Å². The van der Waals surface area contributed by atoms with E-state index in [-0.39, 0.29) is 0 Å². The Labute approximate surface area is 88.5 Å². The summed E-state index contributed by atoms with van der Waals surface area (Å²) in [4.78, 5) is 0. The molecule has 1 saturated heterocycles. The first kappa shape index (κ1) is 9.81. The minimum atomic E-state index is 0.310. The largest absolute Gasteiger partial charge is 0.508 e. The lowest BCUT2D eigenvalue weighted by atomic mass is 9.91. The predicted molar refractivity (Wildman–Crippen MR) is 55.9 cm³/mol. The summed E-state index contributed by atoms with van der Waals surface area (Å²) in [7, 11) is 0. The van der Waals surface area contributed by atoms with Crippen molar-refractivity contribution in [3.8, 4) is 5.75 Å². The van der Waals surface area contributed by atoms with E-state index in [2.05, 4.69) is 0 Å². The SMILES string of the molecule is Oc1cccc(Cl)c1C1CCOCC1. The second kappa shape index (κ2) is 4.20. The third-order valence-corrected chi connectivity index (χ3v) is 2.99. The average Bonchev–Trinajstić information content (AvgIpc) is 2.19. The van der Waals surface area contributed by atoms with Gasteiger partial charge in [0.1, 0.15) is 5.75 Å². The van der Waals surface area contributed by atoms with Crippen LogP contribution in [0.15, 0.2) is 18.2 Å². The van der Waals surface area contributed by atoms with Gasteiger partial charge in [0, 0.05) is 23.8 Å². The zero-order chi connectivity index (χ0) is 9.97. The molecule has 3 heteroatoms. The number of benzene rings is 1. The highest BCUT2D eigenvalue weighted by Crippen LogP contribution is 2.37. The molecule has 2 nitrogen and oxygen atoms in total. The summed E-state index contributed by atoms with van der Waals surface area (Å²) < 4.78 is 5.28. The van der Waals surface area contributed by atoms with E-state index in [1.165, 1.54) is 0 Å². The zero-order valence-corrected chi connectivity index (χ0v) is 8.63. The summed E-state index contributed by atoms with van der Waals surface area (Å²) in [5.41, 5.74) is 0.887. The molecule has 2 rings (SSSR count).